The van der Waals surface area contributed by atoms with E-state index in [9.17, 15) is 0 Å². The quantitative estimate of drug-likeness (QED) is 0.535. The van der Waals surface area contributed by atoms with Gasteiger partial charge in [0.2, 0.25) is 0 Å². The lowest BCUT2D eigenvalue weighted by Gasteiger charge is -2.50. The van der Waals surface area contributed by atoms with Crippen molar-refractivity contribution < 1.29 is 0 Å². The molecule has 0 aliphatic heterocycles. The van der Waals surface area contributed by atoms with Gasteiger partial charge in [0, 0.05) is 8.07 Å². The van der Waals surface area contributed by atoms with Crippen molar-refractivity contribution in [3.63, 3.8) is 0 Å². The first-order chi connectivity index (χ1) is 8.59. The van der Waals surface area contributed by atoms with E-state index in [1.165, 1.54) is 0 Å². The van der Waals surface area contributed by atoms with Crippen LogP contribution in [-0.2, 0) is 0 Å². The van der Waals surface area contributed by atoms with Crippen LogP contribution in [0.3, 0.4) is 0 Å². The summed E-state index contributed by atoms with van der Waals surface area (Å²) in [5, 5.41) is 0. The molecular formula is C18H36Si. The number of fused-ring (bicyclic) bond motifs is 1. The van der Waals surface area contributed by atoms with Gasteiger partial charge in [-0.1, -0.05) is 61.2 Å². The normalized spacial score (nSPS) is 55.1. The van der Waals surface area contributed by atoms with Crippen molar-refractivity contribution in [1.29, 1.82) is 0 Å². The smallest absolute Gasteiger partial charge is 0.0479 e. The summed E-state index contributed by atoms with van der Waals surface area (Å²) in [6.07, 6.45) is 0. The molecule has 0 heterocycles. The molecule has 0 amide bonds. The Labute approximate surface area is 122 Å². The maximum Gasteiger partial charge on any atom is 0.0479 e. The molecule has 9 atom stereocenters. The molecule has 0 nitrogen and oxygen atoms in total. The minimum atomic E-state index is -1.06. The molecule has 2 fully saturated rings. The zero-order valence-corrected chi connectivity index (χ0v) is 15.7. The Bertz CT molecular complexity index is 329. The summed E-state index contributed by atoms with van der Waals surface area (Å²) in [5.74, 6) is 7.57. The summed E-state index contributed by atoms with van der Waals surface area (Å²) in [4.78, 5) is 0. The third-order valence-corrected chi connectivity index (χ3v) is 10.5. The van der Waals surface area contributed by atoms with E-state index in [0.29, 0.717) is 0 Å². The molecule has 0 N–H and O–H groups in total. The van der Waals surface area contributed by atoms with E-state index in [0.717, 1.165) is 52.9 Å². The Hall–Kier alpha value is 0.217. The Morgan fingerprint density at radius 1 is 0.474 bits per heavy atom. The molecule has 0 saturated heterocycles. The largest absolute Gasteiger partial charge is 0.0693 e. The molecule has 0 radical (unpaired) electrons. The lowest BCUT2D eigenvalue weighted by molar-refractivity contribution is 0.0137. The predicted molar refractivity (Wildman–Crippen MR) is 89.1 cm³/mol. The molecule has 0 aromatic heterocycles. The van der Waals surface area contributed by atoms with Crippen LogP contribution >= 0.6 is 0 Å². The topological polar surface area (TPSA) is 0 Å². The lowest BCUT2D eigenvalue weighted by atomic mass is 9.58. The summed E-state index contributed by atoms with van der Waals surface area (Å²) >= 11 is 0. The highest BCUT2D eigenvalue weighted by Gasteiger charge is 2.57. The van der Waals surface area contributed by atoms with Crippen molar-refractivity contribution in [3.8, 4) is 0 Å². The fraction of sp³-hybridized carbons (Fsp3) is 1.00. The van der Waals surface area contributed by atoms with Gasteiger partial charge >= 0.3 is 0 Å². The van der Waals surface area contributed by atoms with E-state index in [1.807, 2.05) is 0 Å². The van der Waals surface area contributed by atoms with Crippen LogP contribution in [0.1, 0.15) is 41.5 Å². The van der Waals surface area contributed by atoms with E-state index >= 15 is 0 Å². The van der Waals surface area contributed by atoms with Crippen LogP contribution in [-0.4, -0.2) is 8.07 Å². The minimum absolute atomic E-state index is 0.909. The van der Waals surface area contributed by atoms with Crippen molar-refractivity contribution >= 4 is 8.07 Å². The summed E-state index contributed by atoms with van der Waals surface area (Å²) < 4.78 is 0. The third kappa shape index (κ3) is 2.24. The van der Waals surface area contributed by atoms with Crippen LogP contribution in [0.4, 0.5) is 0 Å². The average Bonchev–Trinajstić information content (AvgIpc) is 2.57. The highest BCUT2D eigenvalue weighted by atomic mass is 28.3. The second-order valence-electron chi connectivity index (χ2n) is 9.20. The summed E-state index contributed by atoms with van der Waals surface area (Å²) in [6.45, 7) is 23.1. The van der Waals surface area contributed by atoms with Gasteiger partial charge < -0.3 is 0 Å². The maximum absolute atomic E-state index is 2.61. The van der Waals surface area contributed by atoms with E-state index in [2.05, 4.69) is 61.2 Å². The molecule has 0 spiro atoms. The highest BCUT2D eigenvalue weighted by Crippen LogP contribution is 2.63. The van der Waals surface area contributed by atoms with Gasteiger partial charge in [0.1, 0.15) is 0 Å². The first-order valence-electron chi connectivity index (χ1n) is 8.59. The molecule has 19 heavy (non-hydrogen) atoms. The predicted octanol–water partition coefficient (Wildman–Crippen LogP) is 5.77. The highest BCUT2D eigenvalue weighted by molar-refractivity contribution is 6.77. The van der Waals surface area contributed by atoms with Crippen molar-refractivity contribution in [2.75, 3.05) is 0 Å². The fourth-order valence-electron chi connectivity index (χ4n) is 6.15. The average molecular weight is 281 g/mol. The van der Waals surface area contributed by atoms with Gasteiger partial charge in [0.05, 0.1) is 0 Å². The molecule has 2 saturated carbocycles. The Kier molecular flexibility index (Phi) is 4.02. The van der Waals surface area contributed by atoms with Crippen LogP contribution in [0.5, 0.6) is 0 Å². The standard InChI is InChI=1S/C18H36Si/c1-10-11(2)13(4)17-16(12(10)3)14(5)15(6)18(17)19(7,8)9/h10-18H,1-9H3. The molecule has 2 aliphatic rings. The Morgan fingerprint density at radius 3 is 1.26 bits per heavy atom. The van der Waals surface area contributed by atoms with Crippen LogP contribution < -0.4 is 0 Å². The van der Waals surface area contributed by atoms with Gasteiger partial charge in [-0.05, 0) is 52.9 Å². The zero-order valence-electron chi connectivity index (χ0n) is 14.7. The molecule has 2 rings (SSSR count). The maximum atomic E-state index is 2.61. The second kappa shape index (κ2) is 4.89. The monoisotopic (exact) mass is 280 g/mol. The molecule has 9 unspecified atom stereocenters. The third-order valence-electron chi connectivity index (χ3n) is 7.56. The van der Waals surface area contributed by atoms with Gasteiger partial charge in [0.25, 0.3) is 0 Å². The first-order valence-corrected chi connectivity index (χ1v) is 12.2. The first kappa shape index (κ1) is 15.6. The lowest BCUT2D eigenvalue weighted by Crippen LogP contribution is -2.45. The number of hydrogen-bond acceptors (Lipinski definition) is 0. The van der Waals surface area contributed by atoms with E-state index in [4.69, 9.17) is 0 Å². The minimum Gasteiger partial charge on any atom is -0.0693 e. The van der Waals surface area contributed by atoms with Gasteiger partial charge in [-0.3, -0.25) is 0 Å². The number of rotatable bonds is 1. The summed E-state index contributed by atoms with van der Waals surface area (Å²) in [7, 11) is -1.06. The number of hydrogen-bond donors (Lipinski definition) is 0. The molecule has 2 aliphatic carbocycles. The van der Waals surface area contributed by atoms with Gasteiger partial charge in [-0.15, -0.1) is 0 Å². The van der Waals surface area contributed by atoms with Gasteiger partial charge in [0.15, 0.2) is 0 Å². The van der Waals surface area contributed by atoms with Gasteiger partial charge in [-0.2, -0.15) is 0 Å². The van der Waals surface area contributed by atoms with Gasteiger partial charge in [-0.25, -0.2) is 0 Å². The Morgan fingerprint density at radius 2 is 0.842 bits per heavy atom. The van der Waals surface area contributed by atoms with Crippen LogP contribution in [0, 0.1) is 47.3 Å². The summed E-state index contributed by atoms with van der Waals surface area (Å²) in [6, 6.07) is 0. The molecule has 112 valence electrons. The van der Waals surface area contributed by atoms with Crippen molar-refractivity contribution in [1.82, 2.24) is 0 Å². The van der Waals surface area contributed by atoms with Crippen molar-refractivity contribution in [2.45, 2.75) is 66.7 Å². The Balaban J connectivity index is 2.42. The second-order valence-corrected chi connectivity index (χ2v) is 14.6. The van der Waals surface area contributed by atoms with E-state index in [-0.39, 0.29) is 0 Å². The molecule has 0 aromatic carbocycles. The van der Waals surface area contributed by atoms with Crippen molar-refractivity contribution in [2.24, 2.45) is 47.3 Å². The van der Waals surface area contributed by atoms with Crippen LogP contribution in [0.2, 0.25) is 25.2 Å². The molecular weight excluding hydrogens is 244 g/mol. The van der Waals surface area contributed by atoms with Crippen molar-refractivity contribution in [3.05, 3.63) is 0 Å². The molecule has 1 heteroatoms. The molecule has 0 bridgehead atoms. The summed E-state index contributed by atoms with van der Waals surface area (Å²) in [5.41, 5.74) is 1.04. The van der Waals surface area contributed by atoms with Crippen LogP contribution in [0.15, 0.2) is 0 Å². The van der Waals surface area contributed by atoms with E-state index < -0.39 is 8.07 Å². The molecule has 0 aromatic rings. The van der Waals surface area contributed by atoms with E-state index in [1.54, 1.807) is 0 Å². The SMILES string of the molecule is CC1C(C)C(C)C2C(C1C)C(C)C(C)C2[Si](C)(C)C. The van der Waals surface area contributed by atoms with Crippen LogP contribution in [0.25, 0.3) is 0 Å². The fourth-order valence-corrected chi connectivity index (χ4v) is 9.71. The zero-order chi connectivity index (χ0) is 14.7.